The first-order valence-electron chi connectivity index (χ1n) is 10.9. The monoisotopic (exact) mass is 465 g/mol. The second-order valence-corrected chi connectivity index (χ2v) is 8.80. The molecule has 2 aliphatic rings. The van der Waals surface area contributed by atoms with Crippen LogP contribution in [0.3, 0.4) is 0 Å². The average molecular weight is 466 g/mol. The molecule has 0 saturated carbocycles. The van der Waals surface area contributed by atoms with Gasteiger partial charge in [-0.2, -0.15) is 4.37 Å². The van der Waals surface area contributed by atoms with Gasteiger partial charge in [0.15, 0.2) is 17.4 Å². The number of fused-ring (bicyclic) bond motifs is 1. The van der Waals surface area contributed by atoms with Crippen LogP contribution in [0.2, 0.25) is 0 Å². The fourth-order valence-corrected chi connectivity index (χ4v) is 5.30. The van der Waals surface area contributed by atoms with Crippen molar-refractivity contribution in [1.82, 2.24) is 34.1 Å². The van der Waals surface area contributed by atoms with Gasteiger partial charge >= 0.3 is 0 Å². The molecule has 5 heterocycles. The van der Waals surface area contributed by atoms with Gasteiger partial charge in [-0.25, -0.2) is 15.0 Å². The van der Waals surface area contributed by atoms with E-state index in [1.54, 1.807) is 25.0 Å². The molecule has 1 N–H and O–H groups in total. The normalized spacial score (nSPS) is 20.0. The number of hydrogen-bond donors (Lipinski definition) is 1. The minimum absolute atomic E-state index is 0.0748. The number of benzene rings is 1. The molecule has 10 nitrogen and oxygen atoms in total. The fraction of sp³-hybridized carbons (Fsp3) is 0.364. The molecule has 33 heavy (non-hydrogen) atoms. The van der Waals surface area contributed by atoms with Crippen LogP contribution in [-0.2, 0) is 6.54 Å². The average Bonchev–Trinajstić information content (AvgIpc) is 3.66. The summed E-state index contributed by atoms with van der Waals surface area (Å²) in [5.41, 5.74) is 1.17. The van der Waals surface area contributed by atoms with Crippen molar-refractivity contribution in [2.45, 2.75) is 24.9 Å². The summed E-state index contributed by atoms with van der Waals surface area (Å²) in [6.45, 7) is 3.73. The Morgan fingerprint density at radius 3 is 3.03 bits per heavy atom. The molecule has 2 unspecified atom stereocenters. The number of rotatable bonds is 8. The highest BCUT2D eigenvalue weighted by Gasteiger charge is 2.40. The standard InChI is InChI=1S/C22H23N7O3S/c1-2-17-18(32-14-31-17)11-15(1)12-23-4-8-28-7-3-16(20-25-6-10-30-20)19(28)21-26-22(27-33-21)29-9-5-24-13-29/h1-2,5-6,9-11,13,16,19,23H,3-4,7-8,12,14H2. The molecule has 2 atom stereocenters. The summed E-state index contributed by atoms with van der Waals surface area (Å²) in [6, 6.07) is 6.14. The van der Waals surface area contributed by atoms with Gasteiger partial charge in [0.25, 0.3) is 0 Å². The van der Waals surface area contributed by atoms with Crippen molar-refractivity contribution >= 4 is 11.5 Å². The van der Waals surface area contributed by atoms with Gasteiger partial charge in [0.1, 0.15) is 17.6 Å². The summed E-state index contributed by atoms with van der Waals surface area (Å²) < 4.78 is 22.9. The molecule has 4 aromatic rings. The Bertz CT molecular complexity index is 1190. The Labute approximate surface area is 194 Å². The van der Waals surface area contributed by atoms with Crippen LogP contribution in [0.1, 0.15) is 34.8 Å². The first kappa shape index (κ1) is 20.3. The predicted molar refractivity (Wildman–Crippen MR) is 119 cm³/mol. The molecule has 1 saturated heterocycles. The Morgan fingerprint density at radius 1 is 1.18 bits per heavy atom. The summed E-state index contributed by atoms with van der Waals surface area (Å²) in [7, 11) is 0. The van der Waals surface area contributed by atoms with Crippen molar-refractivity contribution in [3.05, 3.63) is 65.8 Å². The highest BCUT2D eigenvalue weighted by Crippen LogP contribution is 2.43. The van der Waals surface area contributed by atoms with Crippen LogP contribution in [0.4, 0.5) is 0 Å². The molecule has 0 amide bonds. The van der Waals surface area contributed by atoms with E-state index >= 15 is 0 Å². The second-order valence-electron chi connectivity index (χ2n) is 8.01. The number of hydrogen-bond acceptors (Lipinski definition) is 10. The molecule has 0 bridgehead atoms. The Hall–Kier alpha value is -3.28. The van der Waals surface area contributed by atoms with Gasteiger partial charge in [-0.15, -0.1) is 0 Å². The van der Waals surface area contributed by atoms with Gasteiger partial charge in [0.05, 0.1) is 18.2 Å². The third-order valence-corrected chi connectivity index (χ3v) is 6.81. The maximum Gasteiger partial charge on any atom is 0.246 e. The van der Waals surface area contributed by atoms with Gasteiger partial charge in [0.2, 0.25) is 12.7 Å². The van der Waals surface area contributed by atoms with E-state index in [1.807, 2.05) is 22.9 Å². The fourth-order valence-electron chi connectivity index (χ4n) is 4.45. The van der Waals surface area contributed by atoms with E-state index in [-0.39, 0.29) is 12.0 Å². The zero-order chi connectivity index (χ0) is 22.0. The van der Waals surface area contributed by atoms with Gasteiger partial charge in [-0.3, -0.25) is 9.47 Å². The zero-order valence-electron chi connectivity index (χ0n) is 17.8. The van der Waals surface area contributed by atoms with Crippen molar-refractivity contribution in [3.63, 3.8) is 0 Å². The summed E-state index contributed by atoms with van der Waals surface area (Å²) in [4.78, 5) is 15.8. The number of aromatic nitrogens is 5. The van der Waals surface area contributed by atoms with E-state index in [0.717, 1.165) is 55.0 Å². The molecule has 0 spiro atoms. The first-order chi connectivity index (χ1) is 16.3. The molecular formula is C22H23N7O3S. The molecule has 1 fully saturated rings. The molecule has 1 aromatic carbocycles. The maximum absolute atomic E-state index is 5.68. The van der Waals surface area contributed by atoms with Crippen molar-refractivity contribution in [2.75, 3.05) is 26.4 Å². The van der Waals surface area contributed by atoms with Crippen LogP contribution in [0, 0.1) is 0 Å². The lowest BCUT2D eigenvalue weighted by Crippen LogP contribution is -2.32. The third kappa shape index (κ3) is 4.10. The van der Waals surface area contributed by atoms with E-state index in [4.69, 9.17) is 18.9 Å². The van der Waals surface area contributed by atoms with Crippen molar-refractivity contribution in [3.8, 4) is 17.4 Å². The van der Waals surface area contributed by atoms with Crippen molar-refractivity contribution < 1.29 is 13.9 Å². The minimum atomic E-state index is 0.0748. The SMILES string of the molecule is c1cn(-c2nsc(C3C(c4ncco4)CCN3CCNCc3ccc4c(c3)OCO4)n2)cn1. The highest BCUT2D eigenvalue weighted by atomic mass is 32.1. The number of nitrogens with zero attached hydrogens (tertiary/aromatic N) is 6. The summed E-state index contributed by atoms with van der Waals surface area (Å²) in [6.07, 6.45) is 9.60. The molecule has 170 valence electrons. The van der Waals surface area contributed by atoms with Gasteiger partial charge in [-0.1, -0.05) is 6.07 Å². The van der Waals surface area contributed by atoms with Crippen LogP contribution in [0.5, 0.6) is 11.5 Å². The van der Waals surface area contributed by atoms with Gasteiger partial charge < -0.3 is 19.2 Å². The lowest BCUT2D eigenvalue weighted by molar-refractivity contribution is 0.174. The lowest BCUT2D eigenvalue weighted by Gasteiger charge is -2.25. The number of oxazole rings is 1. The van der Waals surface area contributed by atoms with Crippen LogP contribution >= 0.6 is 11.5 Å². The van der Waals surface area contributed by atoms with Crippen LogP contribution in [0.15, 0.2) is 53.8 Å². The number of ether oxygens (including phenoxy) is 2. The van der Waals surface area contributed by atoms with Gasteiger partial charge in [0, 0.05) is 32.0 Å². The summed E-state index contributed by atoms with van der Waals surface area (Å²) in [5.74, 6) is 3.18. The topological polar surface area (TPSA) is 103 Å². The molecule has 0 radical (unpaired) electrons. The van der Waals surface area contributed by atoms with E-state index < -0.39 is 0 Å². The van der Waals surface area contributed by atoms with Crippen LogP contribution < -0.4 is 14.8 Å². The predicted octanol–water partition coefficient (Wildman–Crippen LogP) is 2.76. The molecule has 0 aliphatic carbocycles. The maximum atomic E-state index is 5.68. The first-order valence-corrected chi connectivity index (χ1v) is 11.7. The molecule has 11 heteroatoms. The quantitative estimate of drug-likeness (QED) is 0.393. The second kappa shape index (κ2) is 8.93. The van der Waals surface area contributed by atoms with E-state index in [0.29, 0.717) is 12.7 Å². The van der Waals surface area contributed by atoms with Crippen molar-refractivity contribution in [2.24, 2.45) is 0 Å². The number of imidazole rings is 1. The Balaban J connectivity index is 1.14. The Morgan fingerprint density at radius 2 is 2.15 bits per heavy atom. The summed E-state index contributed by atoms with van der Waals surface area (Å²) in [5, 5.41) is 4.51. The number of likely N-dealkylation sites (tertiary alicyclic amines) is 1. The molecule has 2 aliphatic heterocycles. The molecule has 6 rings (SSSR count). The van der Waals surface area contributed by atoms with Crippen LogP contribution in [0.25, 0.3) is 5.95 Å². The van der Waals surface area contributed by atoms with E-state index in [2.05, 4.69) is 30.6 Å². The van der Waals surface area contributed by atoms with E-state index in [9.17, 15) is 0 Å². The lowest BCUT2D eigenvalue weighted by atomic mass is 10.0. The minimum Gasteiger partial charge on any atom is -0.454 e. The van der Waals surface area contributed by atoms with Crippen molar-refractivity contribution in [1.29, 1.82) is 0 Å². The largest absolute Gasteiger partial charge is 0.454 e. The summed E-state index contributed by atoms with van der Waals surface area (Å²) >= 11 is 1.43. The third-order valence-electron chi connectivity index (χ3n) is 6.03. The Kier molecular flexibility index (Phi) is 5.50. The highest BCUT2D eigenvalue weighted by molar-refractivity contribution is 7.05. The molecule has 3 aromatic heterocycles. The molecular weight excluding hydrogens is 442 g/mol. The zero-order valence-corrected chi connectivity index (χ0v) is 18.6. The van der Waals surface area contributed by atoms with Gasteiger partial charge in [-0.05, 0) is 42.2 Å². The van der Waals surface area contributed by atoms with E-state index in [1.165, 1.54) is 17.1 Å². The number of nitrogens with one attached hydrogen (secondary N) is 1. The van der Waals surface area contributed by atoms with Crippen LogP contribution in [-0.4, -0.2) is 55.2 Å². The smallest absolute Gasteiger partial charge is 0.246 e.